The van der Waals surface area contributed by atoms with Crippen LogP contribution in [0, 0.1) is 4.77 Å². The summed E-state index contributed by atoms with van der Waals surface area (Å²) in [5.41, 5.74) is 1.18. The van der Waals surface area contributed by atoms with Gasteiger partial charge in [0.2, 0.25) is 4.77 Å². The van der Waals surface area contributed by atoms with Gasteiger partial charge in [0, 0.05) is 11.1 Å². The fourth-order valence-corrected chi connectivity index (χ4v) is 2.54. The van der Waals surface area contributed by atoms with Gasteiger partial charge in [0.1, 0.15) is 0 Å². The van der Waals surface area contributed by atoms with Crippen molar-refractivity contribution < 1.29 is 9.84 Å². The van der Waals surface area contributed by atoms with Crippen LogP contribution in [0.3, 0.4) is 0 Å². The molecular formula is C16H13ClN4O2S. The number of H-pyrrole nitrogens is 1. The van der Waals surface area contributed by atoms with E-state index in [0.717, 1.165) is 0 Å². The molecule has 0 bridgehead atoms. The van der Waals surface area contributed by atoms with Crippen molar-refractivity contribution in [1.82, 2.24) is 14.9 Å². The number of aromatic hydroxyl groups is 1. The number of phenolic OH excluding ortho intramolecular Hbond substituents is 1. The molecule has 0 fully saturated rings. The van der Waals surface area contributed by atoms with Crippen LogP contribution in [0.5, 0.6) is 11.5 Å². The molecule has 0 spiro atoms. The maximum absolute atomic E-state index is 10.1. The lowest BCUT2D eigenvalue weighted by molar-refractivity contribution is 0.373. The SMILES string of the molecule is COc1cccc(/C=N\n2c(-c3ccccc3Cl)n[nH]c2=S)c1O. The van der Waals surface area contributed by atoms with E-state index in [1.165, 1.54) is 18.0 Å². The van der Waals surface area contributed by atoms with E-state index >= 15 is 0 Å². The average Bonchev–Trinajstić information content (AvgIpc) is 2.95. The molecule has 122 valence electrons. The van der Waals surface area contributed by atoms with E-state index in [-0.39, 0.29) is 5.75 Å². The standard InChI is InChI=1S/C16H13ClN4O2S/c1-23-13-8-4-5-10(14(13)22)9-18-21-15(19-20-16(21)24)11-6-2-3-7-12(11)17/h2-9,22H,1H3,(H,20,24)/b18-9-. The van der Waals surface area contributed by atoms with E-state index in [0.29, 0.717) is 32.5 Å². The van der Waals surface area contributed by atoms with Crippen molar-refractivity contribution in [1.29, 1.82) is 0 Å². The molecule has 0 aliphatic carbocycles. The van der Waals surface area contributed by atoms with Gasteiger partial charge in [-0.2, -0.15) is 14.9 Å². The monoisotopic (exact) mass is 360 g/mol. The first-order valence-corrected chi connectivity index (χ1v) is 7.73. The molecule has 0 atom stereocenters. The maximum atomic E-state index is 10.1. The first-order chi connectivity index (χ1) is 11.6. The van der Waals surface area contributed by atoms with Crippen LogP contribution in [0.25, 0.3) is 11.4 Å². The summed E-state index contributed by atoms with van der Waals surface area (Å²) in [5.74, 6) is 0.836. The Morgan fingerprint density at radius 1 is 1.29 bits per heavy atom. The number of hydrogen-bond acceptors (Lipinski definition) is 5. The predicted molar refractivity (Wildman–Crippen MR) is 95.5 cm³/mol. The van der Waals surface area contributed by atoms with E-state index in [4.69, 9.17) is 28.6 Å². The van der Waals surface area contributed by atoms with E-state index in [9.17, 15) is 5.11 Å². The van der Waals surface area contributed by atoms with Crippen LogP contribution in [0.4, 0.5) is 0 Å². The quantitative estimate of drug-likeness (QED) is 0.547. The van der Waals surface area contributed by atoms with Crippen LogP contribution in [0.2, 0.25) is 5.02 Å². The van der Waals surface area contributed by atoms with Crippen molar-refractivity contribution >= 4 is 30.0 Å². The highest BCUT2D eigenvalue weighted by atomic mass is 35.5. The molecule has 3 aromatic rings. The summed E-state index contributed by atoms with van der Waals surface area (Å²) in [4.78, 5) is 0. The smallest absolute Gasteiger partial charge is 0.216 e. The maximum Gasteiger partial charge on any atom is 0.216 e. The topological polar surface area (TPSA) is 75.4 Å². The summed E-state index contributed by atoms with van der Waals surface area (Å²) in [5, 5.41) is 21.8. The molecule has 1 aromatic heterocycles. The molecule has 0 saturated heterocycles. The molecule has 2 aromatic carbocycles. The van der Waals surface area contributed by atoms with E-state index in [1.807, 2.05) is 18.2 Å². The summed E-state index contributed by atoms with van der Waals surface area (Å²) >= 11 is 11.4. The number of ether oxygens (including phenoxy) is 1. The minimum atomic E-state index is -0.00180. The van der Waals surface area contributed by atoms with Crippen LogP contribution in [0.1, 0.15) is 5.56 Å². The van der Waals surface area contributed by atoms with Crippen molar-refractivity contribution in [2.45, 2.75) is 0 Å². The van der Waals surface area contributed by atoms with Gasteiger partial charge in [0.15, 0.2) is 17.3 Å². The molecule has 0 radical (unpaired) electrons. The minimum absolute atomic E-state index is 0.00180. The second-order valence-electron chi connectivity index (χ2n) is 4.79. The Bertz CT molecular complexity index is 965. The third kappa shape index (κ3) is 3.04. The Balaban J connectivity index is 2.05. The molecule has 0 aliphatic heterocycles. The third-order valence-electron chi connectivity index (χ3n) is 3.33. The van der Waals surface area contributed by atoms with Crippen LogP contribution >= 0.6 is 23.8 Å². The molecule has 24 heavy (non-hydrogen) atoms. The number of halogens is 1. The van der Waals surface area contributed by atoms with Crippen LogP contribution in [-0.2, 0) is 0 Å². The van der Waals surface area contributed by atoms with Gasteiger partial charge in [-0.05, 0) is 36.5 Å². The van der Waals surface area contributed by atoms with Crippen molar-refractivity contribution in [2.24, 2.45) is 5.10 Å². The Kier molecular flexibility index (Phi) is 4.64. The van der Waals surface area contributed by atoms with E-state index in [1.54, 1.807) is 24.3 Å². The van der Waals surface area contributed by atoms with E-state index in [2.05, 4.69) is 15.3 Å². The number of methoxy groups -OCH3 is 1. The van der Waals surface area contributed by atoms with Gasteiger partial charge in [0.25, 0.3) is 0 Å². The lowest BCUT2D eigenvalue weighted by atomic mass is 10.2. The van der Waals surface area contributed by atoms with Crippen molar-refractivity contribution in [3.63, 3.8) is 0 Å². The Labute approximate surface area is 148 Å². The van der Waals surface area contributed by atoms with Gasteiger partial charge in [-0.3, -0.25) is 0 Å². The molecule has 6 nitrogen and oxygen atoms in total. The van der Waals surface area contributed by atoms with Gasteiger partial charge < -0.3 is 9.84 Å². The summed E-state index contributed by atoms with van der Waals surface area (Å²) < 4.78 is 6.83. The third-order valence-corrected chi connectivity index (χ3v) is 3.92. The van der Waals surface area contributed by atoms with Gasteiger partial charge in [0.05, 0.1) is 18.3 Å². The van der Waals surface area contributed by atoms with Gasteiger partial charge in [-0.1, -0.05) is 29.8 Å². The minimum Gasteiger partial charge on any atom is -0.504 e. The number of para-hydroxylation sites is 1. The summed E-state index contributed by atoms with van der Waals surface area (Å²) in [6.45, 7) is 0. The van der Waals surface area contributed by atoms with Gasteiger partial charge in [-0.15, -0.1) is 0 Å². The highest BCUT2D eigenvalue weighted by Crippen LogP contribution is 2.29. The zero-order valence-corrected chi connectivity index (χ0v) is 14.2. The average molecular weight is 361 g/mol. The van der Waals surface area contributed by atoms with Crippen LogP contribution < -0.4 is 4.74 Å². The van der Waals surface area contributed by atoms with Gasteiger partial charge in [-0.25, -0.2) is 5.10 Å². The van der Waals surface area contributed by atoms with Crippen molar-refractivity contribution in [3.8, 4) is 22.9 Å². The zero-order valence-electron chi connectivity index (χ0n) is 12.6. The summed E-state index contributed by atoms with van der Waals surface area (Å²) in [7, 11) is 1.48. The lowest BCUT2D eigenvalue weighted by Gasteiger charge is -2.05. The number of phenols is 1. The number of rotatable bonds is 4. The number of hydrogen-bond donors (Lipinski definition) is 2. The molecule has 0 saturated carbocycles. The number of benzene rings is 2. The Hall–Kier alpha value is -2.64. The Morgan fingerprint density at radius 2 is 2.08 bits per heavy atom. The first-order valence-electron chi connectivity index (χ1n) is 6.94. The Morgan fingerprint density at radius 3 is 2.83 bits per heavy atom. The van der Waals surface area contributed by atoms with Crippen LogP contribution in [0.15, 0.2) is 47.6 Å². The van der Waals surface area contributed by atoms with Crippen molar-refractivity contribution in [2.75, 3.05) is 7.11 Å². The molecule has 2 N–H and O–H groups in total. The molecule has 0 amide bonds. The fourth-order valence-electron chi connectivity index (χ4n) is 2.14. The van der Waals surface area contributed by atoms with E-state index < -0.39 is 0 Å². The number of nitrogens with one attached hydrogen (secondary N) is 1. The number of nitrogens with zero attached hydrogens (tertiary/aromatic N) is 3. The van der Waals surface area contributed by atoms with Crippen LogP contribution in [-0.4, -0.2) is 33.3 Å². The summed E-state index contributed by atoms with van der Waals surface area (Å²) in [6, 6.07) is 12.4. The molecule has 8 heteroatoms. The largest absolute Gasteiger partial charge is 0.504 e. The first kappa shape index (κ1) is 16.2. The van der Waals surface area contributed by atoms with Gasteiger partial charge >= 0.3 is 0 Å². The second kappa shape index (κ2) is 6.86. The zero-order chi connectivity index (χ0) is 17.1. The highest BCUT2D eigenvalue weighted by Gasteiger charge is 2.11. The fraction of sp³-hybridized carbons (Fsp3) is 0.0625. The number of aromatic nitrogens is 3. The molecule has 3 rings (SSSR count). The number of aromatic amines is 1. The molecule has 0 aliphatic rings. The molecule has 0 unspecified atom stereocenters. The van der Waals surface area contributed by atoms with Crippen molar-refractivity contribution in [3.05, 3.63) is 57.8 Å². The molecular weight excluding hydrogens is 348 g/mol. The normalized spacial score (nSPS) is 11.1. The summed E-state index contributed by atoms with van der Waals surface area (Å²) in [6.07, 6.45) is 1.48. The predicted octanol–water partition coefficient (Wildman–Crippen LogP) is 3.86. The highest BCUT2D eigenvalue weighted by molar-refractivity contribution is 7.71. The second-order valence-corrected chi connectivity index (χ2v) is 5.58. The molecule has 1 heterocycles. The lowest BCUT2D eigenvalue weighted by Crippen LogP contribution is -1.96.